The van der Waals surface area contributed by atoms with Gasteiger partial charge in [0.2, 0.25) is 0 Å². The standard InChI is InChI=1S/C14H19F2NOS2/c1-10(17-8-14(18)6-7-19-9-14)11-2-4-12(5-3-11)20-13(15)16/h2-5,10,13,17-18H,6-9H2,1H3/t10-,14-/m1/s1. The lowest BCUT2D eigenvalue weighted by atomic mass is 10.0. The lowest BCUT2D eigenvalue weighted by Crippen LogP contribution is -2.41. The minimum Gasteiger partial charge on any atom is -0.388 e. The molecule has 1 aromatic carbocycles. The van der Waals surface area contributed by atoms with Gasteiger partial charge in [0.1, 0.15) is 0 Å². The Morgan fingerprint density at radius 2 is 2.10 bits per heavy atom. The number of alkyl halides is 2. The largest absolute Gasteiger partial charge is 0.388 e. The van der Waals surface area contributed by atoms with Crippen LogP contribution in [0.1, 0.15) is 24.9 Å². The first kappa shape index (κ1) is 16.1. The van der Waals surface area contributed by atoms with Gasteiger partial charge in [-0.25, -0.2) is 0 Å². The Kier molecular flexibility index (Phi) is 5.72. The highest BCUT2D eigenvalue weighted by molar-refractivity contribution is 7.99. The second-order valence-electron chi connectivity index (χ2n) is 5.08. The molecule has 20 heavy (non-hydrogen) atoms. The molecule has 2 atom stereocenters. The number of nitrogens with one attached hydrogen (secondary N) is 1. The fraction of sp³-hybridized carbons (Fsp3) is 0.571. The lowest BCUT2D eigenvalue weighted by molar-refractivity contribution is 0.0651. The Hall–Kier alpha value is -0.300. The van der Waals surface area contributed by atoms with Crippen molar-refractivity contribution >= 4 is 23.5 Å². The molecule has 0 aliphatic carbocycles. The van der Waals surface area contributed by atoms with Crippen LogP contribution >= 0.6 is 23.5 Å². The van der Waals surface area contributed by atoms with E-state index < -0.39 is 11.4 Å². The van der Waals surface area contributed by atoms with Crippen LogP contribution < -0.4 is 5.32 Å². The van der Waals surface area contributed by atoms with E-state index in [0.717, 1.165) is 23.5 Å². The summed E-state index contributed by atoms with van der Waals surface area (Å²) in [6.07, 6.45) is 0.821. The van der Waals surface area contributed by atoms with Crippen LogP contribution in [0, 0.1) is 0 Å². The van der Waals surface area contributed by atoms with Crippen molar-refractivity contribution in [2.75, 3.05) is 18.1 Å². The number of benzene rings is 1. The fourth-order valence-electron chi connectivity index (χ4n) is 2.13. The summed E-state index contributed by atoms with van der Waals surface area (Å²) in [4.78, 5) is 0.571. The van der Waals surface area contributed by atoms with Gasteiger partial charge in [0.15, 0.2) is 0 Å². The normalized spacial score (nSPS) is 24.2. The van der Waals surface area contributed by atoms with Crippen LogP contribution in [0.4, 0.5) is 8.78 Å². The first-order chi connectivity index (χ1) is 9.48. The number of halogens is 2. The van der Waals surface area contributed by atoms with E-state index in [1.807, 2.05) is 19.1 Å². The molecule has 0 amide bonds. The number of aliphatic hydroxyl groups is 1. The third kappa shape index (κ3) is 4.62. The SMILES string of the molecule is C[C@@H](NC[C@]1(O)CCSC1)c1ccc(SC(F)F)cc1. The molecule has 0 aromatic heterocycles. The summed E-state index contributed by atoms with van der Waals surface area (Å²) in [6, 6.07) is 7.23. The van der Waals surface area contributed by atoms with Crippen molar-refractivity contribution in [2.24, 2.45) is 0 Å². The van der Waals surface area contributed by atoms with Gasteiger partial charge in [-0.3, -0.25) is 0 Å². The lowest BCUT2D eigenvalue weighted by Gasteiger charge is -2.24. The van der Waals surface area contributed by atoms with Gasteiger partial charge in [-0.05, 0) is 36.8 Å². The maximum atomic E-state index is 12.2. The van der Waals surface area contributed by atoms with Crippen LogP contribution in [0.5, 0.6) is 0 Å². The van der Waals surface area contributed by atoms with Crippen molar-refractivity contribution in [3.8, 4) is 0 Å². The van der Waals surface area contributed by atoms with Crippen LogP contribution in [0.25, 0.3) is 0 Å². The average Bonchev–Trinajstić information content (AvgIpc) is 2.84. The summed E-state index contributed by atoms with van der Waals surface area (Å²) in [5.41, 5.74) is 0.433. The van der Waals surface area contributed by atoms with Crippen LogP contribution in [-0.2, 0) is 0 Å². The number of thioether (sulfide) groups is 2. The molecule has 0 saturated carbocycles. The summed E-state index contributed by atoms with van der Waals surface area (Å²) in [5, 5.41) is 13.6. The third-order valence-corrected chi connectivity index (χ3v) is 5.38. The maximum Gasteiger partial charge on any atom is 0.288 e. The zero-order valence-electron chi connectivity index (χ0n) is 11.3. The molecular weight excluding hydrogens is 300 g/mol. The summed E-state index contributed by atoms with van der Waals surface area (Å²) in [6.45, 7) is 2.58. The van der Waals surface area contributed by atoms with Crippen molar-refractivity contribution < 1.29 is 13.9 Å². The van der Waals surface area contributed by atoms with E-state index in [1.165, 1.54) is 0 Å². The van der Waals surface area contributed by atoms with E-state index in [4.69, 9.17) is 0 Å². The molecule has 0 unspecified atom stereocenters. The smallest absolute Gasteiger partial charge is 0.288 e. The van der Waals surface area contributed by atoms with E-state index in [1.54, 1.807) is 23.9 Å². The van der Waals surface area contributed by atoms with Crippen LogP contribution in [0.2, 0.25) is 0 Å². The summed E-state index contributed by atoms with van der Waals surface area (Å²) in [5.74, 6) is -0.603. The highest BCUT2D eigenvalue weighted by Gasteiger charge is 2.31. The van der Waals surface area contributed by atoms with Crippen molar-refractivity contribution in [1.82, 2.24) is 5.32 Å². The van der Waals surface area contributed by atoms with E-state index in [-0.39, 0.29) is 6.04 Å². The molecule has 0 radical (unpaired) electrons. The molecule has 1 fully saturated rings. The topological polar surface area (TPSA) is 32.3 Å². The number of rotatable bonds is 6. The van der Waals surface area contributed by atoms with Crippen LogP contribution in [0.15, 0.2) is 29.2 Å². The molecule has 0 spiro atoms. The molecule has 1 aromatic rings. The first-order valence-electron chi connectivity index (χ1n) is 6.57. The Balaban J connectivity index is 1.87. The zero-order valence-corrected chi connectivity index (χ0v) is 12.9. The van der Waals surface area contributed by atoms with Crippen molar-refractivity contribution in [2.45, 2.75) is 35.6 Å². The van der Waals surface area contributed by atoms with E-state index in [9.17, 15) is 13.9 Å². The molecular formula is C14H19F2NOS2. The average molecular weight is 319 g/mol. The highest BCUT2D eigenvalue weighted by atomic mass is 32.2. The van der Waals surface area contributed by atoms with Crippen molar-refractivity contribution in [3.05, 3.63) is 29.8 Å². The molecule has 112 valence electrons. The monoisotopic (exact) mass is 319 g/mol. The quantitative estimate of drug-likeness (QED) is 0.786. The molecule has 2 rings (SSSR count). The third-order valence-electron chi connectivity index (χ3n) is 3.43. The van der Waals surface area contributed by atoms with Gasteiger partial charge in [-0.2, -0.15) is 20.5 Å². The van der Waals surface area contributed by atoms with E-state index >= 15 is 0 Å². The van der Waals surface area contributed by atoms with Gasteiger partial charge in [-0.15, -0.1) is 0 Å². The molecule has 1 heterocycles. The Morgan fingerprint density at radius 1 is 1.40 bits per heavy atom. The number of hydrogen-bond donors (Lipinski definition) is 2. The first-order valence-corrected chi connectivity index (χ1v) is 8.60. The Labute approximate surface area is 126 Å². The minimum absolute atomic E-state index is 0.0928. The fourth-order valence-corrected chi connectivity index (χ4v) is 3.93. The molecule has 1 saturated heterocycles. The van der Waals surface area contributed by atoms with E-state index in [2.05, 4.69) is 5.32 Å². The predicted molar refractivity (Wildman–Crippen MR) is 81.6 cm³/mol. The van der Waals surface area contributed by atoms with Crippen molar-refractivity contribution in [3.63, 3.8) is 0 Å². The van der Waals surface area contributed by atoms with E-state index in [0.29, 0.717) is 23.2 Å². The molecule has 0 bridgehead atoms. The molecule has 6 heteroatoms. The van der Waals surface area contributed by atoms with Crippen molar-refractivity contribution in [1.29, 1.82) is 0 Å². The summed E-state index contributed by atoms with van der Waals surface area (Å²) in [7, 11) is 0. The van der Waals surface area contributed by atoms with Gasteiger partial charge < -0.3 is 10.4 Å². The van der Waals surface area contributed by atoms with Gasteiger partial charge in [-0.1, -0.05) is 23.9 Å². The minimum atomic E-state index is -2.38. The molecule has 1 aliphatic rings. The Bertz CT molecular complexity index is 422. The van der Waals surface area contributed by atoms with Gasteiger partial charge in [0.25, 0.3) is 5.76 Å². The Morgan fingerprint density at radius 3 is 2.65 bits per heavy atom. The zero-order chi connectivity index (χ0) is 14.6. The second-order valence-corrected chi connectivity index (χ2v) is 7.25. The van der Waals surface area contributed by atoms with Gasteiger partial charge in [0.05, 0.1) is 5.60 Å². The summed E-state index contributed by atoms with van der Waals surface area (Å²) >= 11 is 2.33. The molecule has 1 aliphatic heterocycles. The predicted octanol–water partition coefficient (Wildman–Crippen LogP) is 3.52. The molecule has 2 nitrogen and oxygen atoms in total. The van der Waals surface area contributed by atoms with Crippen LogP contribution in [-0.4, -0.2) is 34.5 Å². The van der Waals surface area contributed by atoms with Gasteiger partial charge in [0, 0.05) is 23.2 Å². The second kappa shape index (κ2) is 7.11. The highest BCUT2D eigenvalue weighted by Crippen LogP contribution is 2.29. The van der Waals surface area contributed by atoms with Crippen LogP contribution in [0.3, 0.4) is 0 Å². The number of hydrogen-bond acceptors (Lipinski definition) is 4. The van der Waals surface area contributed by atoms with Gasteiger partial charge >= 0.3 is 0 Å². The summed E-state index contributed by atoms with van der Waals surface area (Å²) < 4.78 is 24.5. The maximum absolute atomic E-state index is 12.2. The molecule has 2 N–H and O–H groups in total.